The highest BCUT2D eigenvalue weighted by molar-refractivity contribution is 7.88. The molecule has 0 fully saturated rings. The average molecular weight is 314 g/mol. The molecule has 21 heavy (non-hydrogen) atoms. The summed E-state index contributed by atoms with van der Waals surface area (Å²) in [5.41, 5.74) is 0.546. The van der Waals surface area contributed by atoms with Crippen LogP contribution in [-0.4, -0.2) is 31.4 Å². The number of rotatable bonds is 6. The van der Waals surface area contributed by atoms with Gasteiger partial charge in [-0.15, -0.1) is 0 Å². The molecule has 0 aliphatic rings. The third-order valence-corrected chi connectivity index (χ3v) is 3.51. The van der Waals surface area contributed by atoms with Crippen LogP contribution in [0.4, 0.5) is 0 Å². The van der Waals surface area contributed by atoms with Crippen molar-refractivity contribution in [1.82, 2.24) is 5.32 Å². The van der Waals surface area contributed by atoms with Gasteiger partial charge in [0.25, 0.3) is 5.91 Å². The molecule has 0 aliphatic heterocycles. The monoisotopic (exact) mass is 314 g/mol. The smallest absolute Gasteiger partial charge is 0.326 e. The number of benzene rings is 1. The van der Waals surface area contributed by atoms with Crippen LogP contribution in [0.2, 0.25) is 0 Å². The van der Waals surface area contributed by atoms with Crippen molar-refractivity contribution in [1.29, 1.82) is 0 Å². The van der Waals surface area contributed by atoms with Crippen LogP contribution in [0.3, 0.4) is 0 Å². The van der Waals surface area contributed by atoms with Crippen LogP contribution in [0.25, 0.3) is 0 Å². The van der Waals surface area contributed by atoms with Gasteiger partial charge in [-0.2, -0.15) is 0 Å². The van der Waals surface area contributed by atoms with E-state index in [1.54, 1.807) is 13.8 Å². The number of carbonyl (C=O) groups is 2. The van der Waals surface area contributed by atoms with Crippen LogP contribution >= 0.6 is 0 Å². The molecule has 4 N–H and O–H groups in total. The van der Waals surface area contributed by atoms with Crippen LogP contribution in [0.1, 0.15) is 29.8 Å². The Bertz CT molecular complexity index is 640. The Hall–Kier alpha value is -1.93. The first-order valence-electron chi connectivity index (χ1n) is 6.23. The summed E-state index contributed by atoms with van der Waals surface area (Å²) >= 11 is 0. The van der Waals surface area contributed by atoms with E-state index in [2.05, 4.69) is 5.32 Å². The minimum atomic E-state index is -3.70. The van der Waals surface area contributed by atoms with E-state index < -0.39 is 27.9 Å². The first kappa shape index (κ1) is 17.1. The van der Waals surface area contributed by atoms with Gasteiger partial charge in [-0.05, 0) is 23.6 Å². The summed E-state index contributed by atoms with van der Waals surface area (Å²) in [6, 6.07) is 4.87. The standard InChI is InChI=1S/C13H18N2O5S/c1-8(2)11(13(17)18)15-12(16)10-5-3-4-9(6-10)7-21(14,19)20/h3-6,8,11H,7H2,1-2H3,(H,15,16)(H,17,18)(H2,14,19,20). The lowest BCUT2D eigenvalue weighted by atomic mass is 10.0. The van der Waals surface area contributed by atoms with E-state index in [-0.39, 0.29) is 17.2 Å². The average Bonchev–Trinajstić information content (AvgIpc) is 2.33. The molecule has 0 aromatic heterocycles. The molecule has 0 spiro atoms. The van der Waals surface area contributed by atoms with Gasteiger partial charge in [0.05, 0.1) is 5.75 Å². The maximum atomic E-state index is 12.0. The van der Waals surface area contributed by atoms with Gasteiger partial charge in [0.2, 0.25) is 10.0 Å². The number of carboxylic acids is 1. The summed E-state index contributed by atoms with van der Waals surface area (Å²) in [5, 5.41) is 16.4. The fraction of sp³-hybridized carbons (Fsp3) is 0.385. The first-order valence-corrected chi connectivity index (χ1v) is 7.95. The zero-order valence-corrected chi connectivity index (χ0v) is 12.6. The Morgan fingerprint density at radius 3 is 2.43 bits per heavy atom. The molecule has 0 heterocycles. The molecule has 116 valence electrons. The molecular formula is C13H18N2O5S. The van der Waals surface area contributed by atoms with E-state index in [1.165, 1.54) is 24.3 Å². The minimum absolute atomic E-state index is 0.183. The number of primary sulfonamides is 1. The van der Waals surface area contributed by atoms with Gasteiger partial charge in [0.15, 0.2) is 0 Å². The van der Waals surface area contributed by atoms with E-state index in [9.17, 15) is 18.0 Å². The van der Waals surface area contributed by atoms with Crippen LogP contribution in [0.5, 0.6) is 0 Å². The topological polar surface area (TPSA) is 127 Å². The second-order valence-corrected chi connectivity index (χ2v) is 6.66. The lowest BCUT2D eigenvalue weighted by Crippen LogP contribution is -2.44. The summed E-state index contributed by atoms with van der Waals surface area (Å²) in [6.07, 6.45) is 0. The molecular weight excluding hydrogens is 296 g/mol. The fourth-order valence-electron chi connectivity index (χ4n) is 1.77. The zero-order chi connectivity index (χ0) is 16.2. The highest BCUT2D eigenvalue weighted by Gasteiger charge is 2.24. The molecule has 0 saturated heterocycles. The van der Waals surface area contributed by atoms with Crippen molar-refractivity contribution >= 4 is 21.9 Å². The van der Waals surface area contributed by atoms with Crippen molar-refractivity contribution in [2.45, 2.75) is 25.6 Å². The maximum absolute atomic E-state index is 12.0. The number of carboxylic acid groups (broad SMARTS) is 1. The van der Waals surface area contributed by atoms with Gasteiger partial charge in [0, 0.05) is 5.56 Å². The van der Waals surface area contributed by atoms with Crippen LogP contribution in [-0.2, 0) is 20.6 Å². The molecule has 0 bridgehead atoms. The lowest BCUT2D eigenvalue weighted by Gasteiger charge is -2.18. The van der Waals surface area contributed by atoms with Gasteiger partial charge >= 0.3 is 5.97 Å². The van der Waals surface area contributed by atoms with E-state index in [0.29, 0.717) is 5.56 Å². The third-order valence-electron chi connectivity index (χ3n) is 2.78. The molecule has 1 atom stereocenters. The van der Waals surface area contributed by atoms with E-state index in [0.717, 1.165) is 0 Å². The normalized spacial score (nSPS) is 13.0. The van der Waals surface area contributed by atoms with Crippen molar-refractivity contribution in [2.24, 2.45) is 11.1 Å². The predicted molar refractivity (Wildman–Crippen MR) is 77.0 cm³/mol. The van der Waals surface area contributed by atoms with E-state index in [1.807, 2.05) is 0 Å². The molecule has 1 aromatic rings. The molecule has 1 amide bonds. The zero-order valence-electron chi connectivity index (χ0n) is 11.7. The molecule has 1 rings (SSSR count). The van der Waals surface area contributed by atoms with Crippen LogP contribution < -0.4 is 10.5 Å². The molecule has 7 nitrogen and oxygen atoms in total. The molecule has 0 aliphatic carbocycles. The highest BCUT2D eigenvalue weighted by atomic mass is 32.2. The summed E-state index contributed by atoms with van der Waals surface area (Å²) in [7, 11) is -3.70. The number of hydrogen-bond acceptors (Lipinski definition) is 4. The number of aliphatic carboxylic acids is 1. The van der Waals surface area contributed by atoms with Crippen molar-refractivity contribution in [2.75, 3.05) is 0 Å². The Morgan fingerprint density at radius 2 is 1.95 bits per heavy atom. The van der Waals surface area contributed by atoms with Crippen molar-refractivity contribution < 1.29 is 23.1 Å². The lowest BCUT2D eigenvalue weighted by molar-refractivity contribution is -0.140. The van der Waals surface area contributed by atoms with Gasteiger partial charge in [-0.25, -0.2) is 18.4 Å². The quantitative estimate of drug-likeness (QED) is 0.696. The highest BCUT2D eigenvalue weighted by Crippen LogP contribution is 2.09. The van der Waals surface area contributed by atoms with E-state index in [4.69, 9.17) is 10.2 Å². The molecule has 0 radical (unpaired) electrons. The number of sulfonamides is 1. The number of nitrogens with one attached hydrogen (secondary N) is 1. The first-order chi connectivity index (χ1) is 9.60. The molecule has 1 unspecified atom stereocenters. The third kappa shape index (κ3) is 5.52. The Balaban J connectivity index is 2.93. The molecule has 0 saturated carbocycles. The number of nitrogens with two attached hydrogens (primary N) is 1. The van der Waals surface area contributed by atoms with Crippen molar-refractivity contribution in [3.63, 3.8) is 0 Å². The predicted octanol–water partition coefficient (Wildman–Crippen LogP) is 0.314. The summed E-state index contributed by atoms with van der Waals surface area (Å²) in [4.78, 5) is 23.1. The second kappa shape index (κ2) is 6.68. The Kier molecular flexibility index (Phi) is 5.45. The summed E-state index contributed by atoms with van der Waals surface area (Å²) in [5.74, 6) is -2.37. The van der Waals surface area contributed by atoms with E-state index >= 15 is 0 Å². The van der Waals surface area contributed by atoms with Gasteiger partial charge < -0.3 is 10.4 Å². The SMILES string of the molecule is CC(C)C(NC(=O)c1cccc(CS(N)(=O)=O)c1)C(=O)O. The largest absolute Gasteiger partial charge is 0.480 e. The van der Waals surface area contributed by atoms with Crippen molar-refractivity contribution in [3.05, 3.63) is 35.4 Å². The molecule has 8 heteroatoms. The Morgan fingerprint density at radius 1 is 1.33 bits per heavy atom. The number of carbonyl (C=O) groups excluding carboxylic acids is 1. The number of amides is 1. The van der Waals surface area contributed by atoms with Crippen molar-refractivity contribution in [3.8, 4) is 0 Å². The van der Waals surface area contributed by atoms with Gasteiger partial charge in [-0.1, -0.05) is 26.0 Å². The summed E-state index contributed by atoms with van der Waals surface area (Å²) < 4.78 is 22.1. The van der Waals surface area contributed by atoms with Crippen LogP contribution in [0.15, 0.2) is 24.3 Å². The van der Waals surface area contributed by atoms with Crippen LogP contribution in [0, 0.1) is 5.92 Å². The van der Waals surface area contributed by atoms with Gasteiger partial charge in [0.1, 0.15) is 6.04 Å². The number of hydrogen-bond donors (Lipinski definition) is 3. The minimum Gasteiger partial charge on any atom is -0.480 e. The molecule has 1 aromatic carbocycles. The summed E-state index contributed by atoms with van der Waals surface area (Å²) in [6.45, 7) is 3.35. The van der Waals surface area contributed by atoms with Gasteiger partial charge in [-0.3, -0.25) is 4.79 Å². The fourth-order valence-corrected chi connectivity index (χ4v) is 2.42. The second-order valence-electron chi connectivity index (χ2n) is 5.04. The Labute approximate surface area is 123 Å². The maximum Gasteiger partial charge on any atom is 0.326 e.